The average Bonchev–Trinajstić information content (AvgIpc) is 3.62. The molecule has 6 aromatic rings. The first-order chi connectivity index (χ1) is 18.2. The van der Waals surface area contributed by atoms with Gasteiger partial charge < -0.3 is 10.5 Å². The molecular formula is C31H26N4OS. The van der Waals surface area contributed by atoms with Crippen LogP contribution in [0.1, 0.15) is 5.56 Å². The molecule has 3 heterocycles. The Morgan fingerprint density at radius 3 is 2.43 bits per heavy atom. The van der Waals surface area contributed by atoms with Gasteiger partial charge in [0.1, 0.15) is 18.1 Å². The maximum atomic E-state index is 6.38. The summed E-state index contributed by atoms with van der Waals surface area (Å²) >= 11 is 1.67. The van der Waals surface area contributed by atoms with Gasteiger partial charge in [-0.1, -0.05) is 66.7 Å². The number of hydrogen-bond acceptors (Lipinski definition) is 5. The molecule has 6 heteroatoms. The summed E-state index contributed by atoms with van der Waals surface area (Å²) in [6.45, 7) is 0.407. The number of aromatic amines is 1. The van der Waals surface area contributed by atoms with Crippen molar-refractivity contribution in [2.24, 2.45) is 5.73 Å². The molecule has 0 bridgehead atoms. The van der Waals surface area contributed by atoms with E-state index in [0.29, 0.717) is 12.4 Å². The zero-order valence-electron chi connectivity index (χ0n) is 20.2. The maximum Gasteiger partial charge on any atom is 0.138 e. The lowest BCUT2D eigenvalue weighted by atomic mass is 9.97. The number of hydrogen-bond donors (Lipinski definition) is 2. The molecule has 0 radical (unpaired) electrons. The fourth-order valence-electron chi connectivity index (χ4n) is 4.55. The first-order valence-electron chi connectivity index (χ1n) is 12.2. The van der Waals surface area contributed by atoms with E-state index in [1.54, 1.807) is 17.5 Å². The fourth-order valence-corrected chi connectivity index (χ4v) is 5.19. The standard InChI is InChI=1S/C31H26N4OS/c32-25(15-21-7-3-1-4-8-21)19-36-26-17-27(30(33-18-26)22-9-5-2-6-10-22)23-11-12-29-28(16-23)31(35-34-29)24-13-14-37-20-24/h1-14,16-18,20,25H,15,19,32H2,(H,34,35)/t25-/m0/s1. The van der Waals surface area contributed by atoms with E-state index in [4.69, 9.17) is 15.5 Å². The molecule has 0 amide bonds. The summed E-state index contributed by atoms with van der Waals surface area (Å²) in [6, 6.07) is 30.9. The van der Waals surface area contributed by atoms with E-state index in [1.807, 2.05) is 36.4 Å². The highest BCUT2D eigenvalue weighted by Crippen LogP contribution is 2.36. The molecule has 3 N–H and O–H groups in total. The van der Waals surface area contributed by atoms with Crippen molar-refractivity contribution in [2.45, 2.75) is 12.5 Å². The SMILES string of the molecule is N[C@H](COc1cnc(-c2ccccc2)c(-c2ccc3[nH]nc(-c4ccsc4)c3c2)c1)Cc1ccccc1. The molecule has 5 nitrogen and oxygen atoms in total. The molecule has 1 atom stereocenters. The third-order valence-electron chi connectivity index (χ3n) is 6.38. The third kappa shape index (κ3) is 5.03. The topological polar surface area (TPSA) is 76.8 Å². The van der Waals surface area contributed by atoms with Gasteiger partial charge in [0, 0.05) is 33.5 Å². The van der Waals surface area contributed by atoms with Crippen molar-refractivity contribution in [2.75, 3.05) is 6.61 Å². The number of nitrogens with two attached hydrogens (primary N) is 1. The molecular weight excluding hydrogens is 476 g/mol. The summed E-state index contributed by atoms with van der Waals surface area (Å²) in [5.41, 5.74) is 14.6. The maximum absolute atomic E-state index is 6.38. The molecule has 0 saturated heterocycles. The number of aromatic nitrogens is 3. The van der Waals surface area contributed by atoms with Crippen LogP contribution < -0.4 is 10.5 Å². The number of benzene rings is 3. The van der Waals surface area contributed by atoms with Gasteiger partial charge in [0.05, 0.1) is 17.4 Å². The van der Waals surface area contributed by atoms with Crippen LogP contribution in [0.15, 0.2) is 108 Å². The van der Waals surface area contributed by atoms with Crippen LogP contribution in [0.3, 0.4) is 0 Å². The van der Waals surface area contributed by atoms with Crippen LogP contribution in [-0.2, 0) is 6.42 Å². The molecule has 182 valence electrons. The number of nitrogens with one attached hydrogen (secondary N) is 1. The Balaban J connectivity index is 1.35. The van der Waals surface area contributed by atoms with E-state index >= 15 is 0 Å². The van der Waals surface area contributed by atoms with Gasteiger partial charge in [0.15, 0.2) is 0 Å². The summed E-state index contributed by atoms with van der Waals surface area (Å²) < 4.78 is 6.14. The van der Waals surface area contributed by atoms with Crippen molar-refractivity contribution in [3.63, 3.8) is 0 Å². The van der Waals surface area contributed by atoms with Crippen LogP contribution in [0.4, 0.5) is 0 Å². The number of fused-ring (bicyclic) bond motifs is 1. The van der Waals surface area contributed by atoms with Gasteiger partial charge in [-0.2, -0.15) is 16.4 Å². The molecule has 3 aromatic carbocycles. The second kappa shape index (κ2) is 10.4. The number of pyridine rings is 1. The van der Waals surface area contributed by atoms with Gasteiger partial charge >= 0.3 is 0 Å². The molecule has 0 saturated carbocycles. The van der Waals surface area contributed by atoms with Crippen molar-refractivity contribution >= 4 is 22.2 Å². The van der Waals surface area contributed by atoms with Crippen molar-refractivity contribution in [1.29, 1.82) is 0 Å². The molecule has 0 aliphatic rings. The van der Waals surface area contributed by atoms with Crippen molar-refractivity contribution in [3.8, 4) is 39.4 Å². The predicted octanol–water partition coefficient (Wildman–Crippen LogP) is 6.97. The minimum Gasteiger partial charge on any atom is -0.490 e. The van der Waals surface area contributed by atoms with Crippen LogP contribution in [0, 0.1) is 0 Å². The Bertz CT molecular complexity index is 1610. The van der Waals surface area contributed by atoms with Gasteiger partial charge in [-0.3, -0.25) is 10.1 Å². The van der Waals surface area contributed by atoms with E-state index in [1.165, 1.54) is 5.56 Å². The molecule has 0 aliphatic heterocycles. The summed E-state index contributed by atoms with van der Waals surface area (Å²) in [4.78, 5) is 4.84. The summed E-state index contributed by atoms with van der Waals surface area (Å²) in [5, 5.41) is 13.0. The monoisotopic (exact) mass is 502 g/mol. The summed E-state index contributed by atoms with van der Waals surface area (Å²) in [7, 11) is 0. The molecule has 0 spiro atoms. The Labute approximate surface area is 219 Å². The summed E-state index contributed by atoms with van der Waals surface area (Å²) in [5.74, 6) is 0.698. The number of H-pyrrole nitrogens is 1. The van der Waals surface area contributed by atoms with Gasteiger partial charge in [0.2, 0.25) is 0 Å². The minimum absolute atomic E-state index is 0.116. The number of nitrogens with zero attached hydrogens (tertiary/aromatic N) is 2. The van der Waals surface area contributed by atoms with Crippen LogP contribution >= 0.6 is 11.3 Å². The average molecular weight is 503 g/mol. The second-order valence-corrected chi connectivity index (χ2v) is 9.82. The highest BCUT2D eigenvalue weighted by molar-refractivity contribution is 7.08. The van der Waals surface area contributed by atoms with Crippen molar-refractivity contribution < 1.29 is 4.74 Å². The van der Waals surface area contributed by atoms with Crippen LogP contribution in [0.5, 0.6) is 5.75 Å². The molecule has 37 heavy (non-hydrogen) atoms. The van der Waals surface area contributed by atoms with Crippen molar-refractivity contribution in [3.05, 3.63) is 114 Å². The van der Waals surface area contributed by atoms with Crippen LogP contribution in [0.2, 0.25) is 0 Å². The van der Waals surface area contributed by atoms with Gasteiger partial charge in [-0.15, -0.1) is 0 Å². The van der Waals surface area contributed by atoms with Gasteiger partial charge in [0.25, 0.3) is 0 Å². The Kier molecular flexibility index (Phi) is 6.50. The largest absolute Gasteiger partial charge is 0.490 e. The predicted molar refractivity (Wildman–Crippen MR) is 152 cm³/mol. The number of ether oxygens (including phenoxy) is 1. The summed E-state index contributed by atoms with van der Waals surface area (Å²) in [6.07, 6.45) is 2.54. The molecule has 0 aliphatic carbocycles. The third-order valence-corrected chi connectivity index (χ3v) is 7.07. The normalized spacial score (nSPS) is 12.0. The molecule has 3 aromatic heterocycles. The van der Waals surface area contributed by atoms with Crippen LogP contribution in [-0.4, -0.2) is 27.8 Å². The van der Waals surface area contributed by atoms with E-state index < -0.39 is 0 Å². The Morgan fingerprint density at radius 2 is 1.65 bits per heavy atom. The first kappa shape index (κ1) is 23.2. The zero-order chi connectivity index (χ0) is 25.0. The van der Waals surface area contributed by atoms with E-state index in [-0.39, 0.29) is 6.04 Å². The van der Waals surface area contributed by atoms with Crippen LogP contribution in [0.25, 0.3) is 44.5 Å². The fraction of sp³-hybridized carbons (Fsp3) is 0.0968. The lowest BCUT2D eigenvalue weighted by Crippen LogP contribution is -2.30. The Hall–Kier alpha value is -4.26. The molecule has 6 rings (SSSR count). The van der Waals surface area contributed by atoms with E-state index in [2.05, 4.69) is 75.6 Å². The first-order valence-corrected chi connectivity index (χ1v) is 13.2. The van der Waals surface area contributed by atoms with Gasteiger partial charge in [-0.05, 0) is 47.2 Å². The molecule has 0 unspecified atom stereocenters. The lowest BCUT2D eigenvalue weighted by molar-refractivity contribution is 0.287. The smallest absolute Gasteiger partial charge is 0.138 e. The highest BCUT2D eigenvalue weighted by Gasteiger charge is 2.15. The number of thiophene rings is 1. The Morgan fingerprint density at radius 1 is 0.838 bits per heavy atom. The van der Waals surface area contributed by atoms with Gasteiger partial charge in [-0.25, -0.2) is 0 Å². The van der Waals surface area contributed by atoms with E-state index in [9.17, 15) is 0 Å². The number of rotatable bonds is 8. The van der Waals surface area contributed by atoms with Crippen molar-refractivity contribution in [1.82, 2.24) is 15.2 Å². The lowest BCUT2D eigenvalue weighted by Gasteiger charge is -2.16. The highest BCUT2D eigenvalue weighted by atomic mass is 32.1. The second-order valence-electron chi connectivity index (χ2n) is 9.04. The minimum atomic E-state index is -0.116. The molecule has 0 fully saturated rings. The quantitative estimate of drug-likeness (QED) is 0.236. The zero-order valence-corrected chi connectivity index (χ0v) is 21.0. The van der Waals surface area contributed by atoms with E-state index in [0.717, 1.165) is 51.0 Å².